The highest BCUT2D eigenvalue weighted by molar-refractivity contribution is 7.90. The molecule has 22 heavy (non-hydrogen) atoms. The Morgan fingerprint density at radius 1 is 1.23 bits per heavy atom. The molecule has 1 saturated carbocycles. The van der Waals surface area contributed by atoms with Crippen LogP contribution in [0.5, 0.6) is 0 Å². The van der Waals surface area contributed by atoms with Gasteiger partial charge in [-0.1, -0.05) is 42.5 Å². The van der Waals surface area contributed by atoms with Crippen molar-refractivity contribution >= 4 is 39.0 Å². The molecule has 1 aromatic carbocycles. The molecule has 0 bridgehead atoms. The van der Waals surface area contributed by atoms with Crippen LogP contribution in [0, 0.1) is 5.82 Å². The third kappa shape index (κ3) is 4.19. The lowest BCUT2D eigenvalue weighted by atomic mass is 10.0. The highest BCUT2D eigenvalue weighted by Gasteiger charge is 2.28. The van der Waals surface area contributed by atoms with E-state index in [0.717, 1.165) is 25.3 Å². The molecule has 4 nitrogen and oxygen atoms in total. The van der Waals surface area contributed by atoms with Crippen LogP contribution in [0.4, 0.5) is 4.39 Å². The van der Waals surface area contributed by atoms with E-state index in [9.17, 15) is 17.6 Å². The Labute approximate surface area is 139 Å². The maximum atomic E-state index is 13.8. The van der Waals surface area contributed by atoms with Gasteiger partial charge in [-0.25, -0.2) is 17.5 Å². The molecule has 8 heteroatoms. The third-order valence-electron chi connectivity index (χ3n) is 3.72. The summed E-state index contributed by atoms with van der Waals surface area (Å²) < 4.78 is 40.3. The zero-order valence-electron chi connectivity index (χ0n) is 11.7. The number of hydrogen-bond donors (Lipinski definition) is 1. The average molecular weight is 368 g/mol. The molecule has 0 unspecified atom stereocenters. The van der Waals surface area contributed by atoms with Crippen LogP contribution in [0.2, 0.25) is 10.0 Å². The van der Waals surface area contributed by atoms with Crippen molar-refractivity contribution in [3.05, 3.63) is 33.6 Å². The van der Waals surface area contributed by atoms with E-state index < -0.39 is 33.4 Å². The van der Waals surface area contributed by atoms with Crippen LogP contribution in [0.15, 0.2) is 12.1 Å². The Bertz CT molecular complexity index is 673. The standard InChI is InChI=1S/C14H16Cl2FNO3S/c15-9-6-11(14(17)12(16)7-9)13(19)8-18-22(20,21)10-4-2-1-3-5-10/h6-7,10,18H,1-5,8H2. The number of ketones is 1. The van der Waals surface area contributed by atoms with Gasteiger partial charge in [-0.3, -0.25) is 4.79 Å². The second-order valence-electron chi connectivity index (χ2n) is 5.30. The first-order chi connectivity index (χ1) is 10.3. The molecule has 0 radical (unpaired) electrons. The van der Waals surface area contributed by atoms with Gasteiger partial charge < -0.3 is 0 Å². The number of carbonyl (C=O) groups is 1. The van der Waals surface area contributed by atoms with Gasteiger partial charge >= 0.3 is 0 Å². The summed E-state index contributed by atoms with van der Waals surface area (Å²) in [5.74, 6) is -1.60. The lowest BCUT2D eigenvalue weighted by Crippen LogP contribution is -2.38. The fourth-order valence-corrected chi connectivity index (χ4v) is 4.53. The van der Waals surface area contributed by atoms with E-state index >= 15 is 0 Å². The maximum Gasteiger partial charge on any atom is 0.214 e. The predicted octanol–water partition coefficient (Wildman–Crippen LogP) is 3.57. The Kier molecular flexibility index (Phi) is 5.82. The Morgan fingerprint density at radius 3 is 2.50 bits per heavy atom. The minimum atomic E-state index is -3.58. The SMILES string of the molecule is O=C(CNS(=O)(=O)C1CCCCC1)c1cc(Cl)cc(Cl)c1F. The number of rotatable bonds is 5. The van der Waals surface area contributed by atoms with Gasteiger partial charge in [0.2, 0.25) is 10.0 Å². The number of nitrogens with one attached hydrogen (secondary N) is 1. The zero-order valence-corrected chi connectivity index (χ0v) is 14.1. The van der Waals surface area contributed by atoms with Crippen LogP contribution in [-0.2, 0) is 10.0 Å². The Balaban J connectivity index is 2.06. The molecule has 2 rings (SSSR count). The summed E-state index contributed by atoms with van der Waals surface area (Å²) in [6.45, 7) is -0.508. The minimum Gasteiger partial charge on any atom is -0.293 e. The van der Waals surface area contributed by atoms with Gasteiger partial charge in [0.1, 0.15) is 0 Å². The average Bonchev–Trinajstić information content (AvgIpc) is 2.49. The molecule has 1 N–H and O–H groups in total. The second-order valence-corrected chi connectivity index (χ2v) is 8.19. The molecule has 0 saturated heterocycles. The zero-order chi connectivity index (χ0) is 16.3. The van der Waals surface area contributed by atoms with Crippen molar-refractivity contribution in [2.45, 2.75) is 37.4 Å². The number of sulfonamides is 1. The third-order valence-corrected chi connectivity index (χ3v) is 6.11. The number of Topliss-reactive ketones (excluding diaryl/α,β-unsaturated/α-hetero) is 1. The quantitative estimate of drug-likeness (QED) is 0.639. The Hall–Kier alpha value is -0.690. The molecular formula is C14H16Cl2FNO3S. The highest BCUT2D eigenvalue weighted by atomic mass is 35.5. The van der Waals surface area contributed by atoms with Crippen molar-refractivity contribution in [1.29, 1.82) is 0 Å². The largest absolute Gasteiger partial charge is 0.293 e. The molecular weight excluding hydrogens is 352 g/mol. The second kappa shape index (κ2) is 7.25. The maximum absolute atomic E-state index is 13.8. The summed E-state index contributed by atoms with van der Waals surface area (Å²) >= 11 is 11.4. The van der Waals surface area contributed by atoms with Crippen LogP contribution < -0.4 is 4.72 Å². The molecule has 0 atom stereocenters. The van der Waals surface area contributed by atoms with Crippen LogP contribution in [-0.4, -0.2) is 26.0 Å². The van der Waals surface area contributed by atoms with Gasteiger partial charge in [-0.2, -0.15) is 0 Å². The van der Waals surface area contributed by atoms with E-state index in [1.807, 2.05) is 0 Å². The molecule has 1 aliphatic carbocycles. The van der Waals surface area contributed by atoms with Crippen molar-refractivity contribution < 1.29 is 17.6 Å². The molecule has 1 aromatic rings. The van der Waals surface area contributed by atoms with Crippen molar-refractivity contribution in [1.82, 2.24) is 4.72 Å². The lowest BCUT2D eigenvalue weighted by molar-refractivity contribution is 0.0993. The molecule has 122 valence electrons. The van der Waals surface area contributed by atoms with E-state index in [-0.39, 0.29) is 15.6 Å². The highest BCUT2D eigenvalue weighted by Crippen LogP contribution is 2.25. The fraction of sp³-hybridized carbons (Fsp3) is 0.500. The molecule has 1 fully saturated rings. The van der Waals surface area contributed by atoms with Crippen molar-refractivity contribution in [2.24, 2.45) is 0 Å². The monoisotopic (exact) mass is 367 g/mol. The first kappa shape index (κ1) is 17.7. The van der Waals surface area contributed by atoms with E-state index in [1.165, 1.54) is 6.07 Å². The smallest absolute Gasteiger partial charge is 0.214 e. The predicted molar refractivity (Wildman–Crippen MR) is 84.5 cm³/mol. The van der Waals surface area contributed by atoms with Gasteiger partial charge in [0.25, 0.3) is 0 Å². The van der Waals surface area contributed by atoms with E-state index in [4.69, 9.17) is 23.2 Å². The van der Waals surface area contributed by atoms with Gasteiger partial charge in [0.15, 0.2) is 11.6 Å². The molecule has 0 spiro atoms. The number of hydrogen-bond acceptors (Lipinski definition) is 3. The number of carbonyl (C=O) groups excluding carboxylic acids is 1. The van der Waals surface area contributed by atoms with Crippen molar-refractivity contribution in [3.63, 3.8) is 0 Å². The molecule has 0 amide bonds. The lowest BCUT2D eigenvalue weighted by Gasteiger charge is -2.21. The van der Waals surface area contributed by atoms with Crippen LogP contribution in [0.1, 0.15) is 42.5 Å². The molecule has 0 aliphatic heterocycles. The van der Waals surface area contributed by atoms with Gasteiger partial charge in [0.05, 0.1) is 22.4 Å². The summed E-state index contributed by atoms with van der Waals surface area (Å²) in [5.41, 5.74) is -0.316. The molecule has 1 aliphatic rings. The van der Waals surface area contributed by atoms with E-state index in [1.54, 1.807) is 0 Å². The first-order valence-corrected chi connectivity index (χ1v) is 9.27. The van der Waals surface area contributed by atoms with Crippen molar-refractivity contribution in [3.8, 4) is 0 Å². The first-order valence-electron chi connectivity index (χ1n) is 6.97. The summed E-state index contributed by atoms with van der Waals surface area (Å²) in [4.78, 5) is 12.0. The molecule has 0 aromatic heterocycles. The van der Waals surface area contributed by atoms with Crippen LogP contribution >= 0.6 is 23.2 Å². The fourth-order valence-electron chi connectivity index (χ4n) is 2.51. The van der Waals surface area contributed by atoms with E-state index in [2.05, 4.69) is 4.72 Å². The van der Waals surface area contributed by atoms with Gasteiger partial charge in [0, 0.05) is 5.02 Å². The summed E-state index contributed by atoms with van der Waals surface area (Å²) in [6, 6.07) is 2.32. The van der Waals surface area contributed by atoms with Gasteiger partial charge in [-0.05, 0) is 25.0 Å². The molecule has 0 heterocycles. The number of benzene rings is 1. The normalized spacial score (nSPS) is 16.7. The topological polar surface area (TPSA) is 63.2 Å². The summed E-state index contributed by atoms with van der Waals surface area (Å²) in [5, 5.41) is -0.641. The Morgan fingerprint density at radius 2 is 1.86 bits per heavy atom. The minimum absolute atomic E-state index is 0.116. The van der Waals surface area contributed by atoms with E-state index in [0.29, 0.717) is 12.8 Å². The number of halogens is 3. The van der Waals surface area contributed by atoms with Crippen LogP contribution in [0.25, 0.3) is 0 Å². The summed E-state index contributed by atoms with van der Waals surface area (Å²) in [6.07, 6.45) is 3.91. The van der Waals surface area contributed by atoms with Crippen molar-refractivity contribution in [2.75, 3.05) is 6.54 Å². The van der Waals surface area contributed by atoms with Gasteiger partial charge in [-0.15, -0.1) is 0 Å². The van der Waals surface area contributed by atoms with Crippen LogP contribution in [0.3, 0.4) is 0 Å². The summed E-state index contributed by atoms with van der Waals surface area (Å²) in [7, 11) is -3.58.